The fourth-order valence-corrected chi connectivity index (χ4v) is 4.87. The first-order valence-corrected chi connectivity index (χ1v) is 12.5. The zero-order valence-electron chi connectivity index (χ0n) is 19.2. The van der Waals surface area contributed by atoms with Crippen molar-refractivity contribution in [2.24, 2.45) is 0 Å². The molecule has 3 heterocycles. The fraction of sp³-hybridized carbons (Fsp3) is 0.200. The Labute approximate surface area is 209 Å². The molecule has 180 valence electrons. The summed E-state index contributed by atoms with van der Waals surface area (Å²) in [7, 11) is 0. The predicted molar refractivity (Wildman–Crippen MR) is 138 cm³/mol. The molecule has 10 nitrogen and oxygen atoms in total. The molecule has 0 unspecified atom stereocenters. The molecule has 3 aromatic heterocycles. The van der Waals surface area contributed by atoms with Crippen LogP contribution < -0.4 is 10.9 Å². The lowest BCUT2D eigenvalue weighted by Gasteiger charge is -2.10. The first-order valence-electron chi connectivity index (χ1n) is 11.6. The van der Waals surface area contributed by atoms with Gasteiger partial charge in [0.25, 0.3) is 5.56 Å². The number of hydrogen-bond acceptors (Lipinski definition) is 7. The molecule has 11 heteroatoms. The third-order valence-electron chi connectivity index (χ3n) is 5.99. The van der Waals surface area contributed by atoms with Crippen molar-refractivity contribution in [3.63, 3.8) is 0 Å². The van der Waals surface area contributed by atoms with E-state index < -0.39 is 0 Å². The van der Waals surface area contributed by atoms with Crippen LogP contribution in [0.5, 0.6) is 0 Å². The number of H-pyrrole nitrogens is 1. The maximum absolute atomic E-state index is 12.9. The highest BCUT2D eigenvalue weighted by Crippen LogP contribution is 2.38. The Bertz CT molecular complexity index is 1680. The Morgan fingerprint density at radius 2 is 2.06 bits per heavy atom. The number of nitrogens with zero attached hydrogens (tertiary/aromatic N) is 6. The van der Waals surface area contributed by atoms with Gasteiger partial charge in [-0.25, -0.2) is 4.98 Å². The van der Waals surface area contributed by atoms with Crippen molar-refractivity contribution in [3.05, 3.63) is 77.4 Å². The molecule has 36 heavy (non-hydrogen) atoms. The van der Waals surface area contributed by atoms with Crippen molar-refractivity contribution < 1.29 is 4.79 Å². The van der Waals surface area contributed by atoms with E-state index in [-0.39, 0.29) is 17.2 Å². The topological polar surface area (TPSA) is 123 Å². The van der Waals surface area contributed by atoms with Gasteiger partial charge in [-0.1, -0.05) is 42.1 Å². The lowest BCUT2D eigenvalue weighted by molar-refractivity contribution is -0.113. The van der Waals surface area contributed by atoms with Gasteiger partial charge in [-0.3, -0.25) is 23.7 Å². The zero-order valence-corrected chi connectivity index (χ0v) is 20.0. The number of amides is 1. The number of rotatable bonds is 8. The largest absolute Gasteiger partial charge is 0.325 e. The van der Waals surface area contributed by atoms with Crippen LogP contribution in [0.2, 0.25) is 0 Å². The van der Waals surface area contributed by atoms with Crippen molar-refractivity contribution >= 4 is 40.0 Å². The molecule has 2 aromatic carbocycles. The number of aromatic nitrogens is 7. The summed E-state index contributed by atoms with van der Waals surface area (Å²) in [4.78, 5) is 30.3. The molecule has 1 aliphatic rings. The van der Waals surface area contributed by atoms with Gasteiger partial charge in [-0.05, 0) is 37.1 Å². The second kappa shape index (κ2) is 9.08. The SMILES string of the molecule is C=CCn1c(=O)c2ccccc2n2c(SCC(=O)Nc3cccc(-c4n[nH]c(C5CC5)n4)c3)nnc12. The van der Waals surface area contributed by atoms with Crippen LogP contribution in [0, 0.1) is 0 Å². The maximum atomic E-state index is 12.9. The van der Waals surface area contributed by atoms with E-state index in [9.17, 15) is 9.59 Å². The zero-order chi connectivity index (χ0) is 24.6. The van der Waals surface area contributed by atoms with E-state index in [4.69, 9.17) is 0 Å². The Kier molecular flexibility index (Phi) is 5.61. The number of thioether (sulfide) groups is 1. The van der Waals surface area contributed by atoms with Crippen LogP contribution in [0.25, 0.3) is 28.1 Å². The van der Waals surface area contributed by atoms with Crippen molar-refractivity contribution in [2.45, 2.75) is 30.5 Å². The van der Waals surface area contributed by atoms with E-state index in [1.807, 2.05) is 42.5 Å². The van der Waals surface area contributed by atoms with E-state index in [0.29, 0.717) is 45.8 Å². The Morgan fingerprint density at radius 1 is 1.19 bits per heavy atom. The highest BCUT2D eigenvalue weighted by molar-refractivity contribution is 7.99. The molecule has 0 radical (unpaired) electrons. The predicted octanol–water partition coefficient (Wildman–Crippen LogP) is 3.62. The average molecular weight is 499 g/mol. The minimum Gasteiger partial charge on any atom is -0.325 e. The van der Waals surface area contributed by atoms with Gasteiger partial charge in [-0.15, -0.1) is 16.8 Å². The lowest BCUT2D eigenvalue weighted by Crippen LogP contribution is -2.22. The minimum absolute atomic E-state index is 0.117. The molecule has 0 spiro atoms. The Balaban J connectivity index is 1.22. The molecule has 0 bridgehead atoms. The second-order valence-electron chi connectivity index (χ2n) is 8.58. The van der Waals surface area contributed by atoms with Crippen LogP contribution in [-0.2, 0) is 11.3 Å². The molecular weight excluding hydrogens is 476 g/mol. The molecule has 0 saturated heterocycles. The fourth-order valence-electron chi connectivity index (χ4n) is 4.13. The number of fused-ring (bicyclic) bond motifs is 3. The Morgan fingerprint density at radius 3 is 2.89 bits per heavy atom. The van der Waals surface area contributed by atoms with Gasteiger partial charge < -0.3 is 5.32 Å². The van der Waals surface area contributed by atoms with Gasteiger partial charge in [0.15, 0.2) is 11.0 Å². The molecule has 0 aliphatic heterocycles. The number of allylic oxidation sites excluding steroid dienone is 1. The monoisotopic (exact) mass is 498 g/mol. The van der Waals surface area contributed by atoms with Crippen molar-refractivity contribution in [2.75, 3.05) is 11.1 Å². The highest BCUT2D eigenvalue weighted by atomic mass is 32.2. The minimum atomic E-state index is -0.189. The third kappa shape index (κ3) is 4.07. The van der Waals surface area contributed by atoms with Gasteiger partial charge in [0, 0.05) is 23.7 Å². The quantitative estimate of drug-likeness (QED) is 0.247. The molecule has 6 rings (SSSR count). The maximum Gasteiger partial charge on any atom is 0.263 e. The van der Waals surface area contributed by atoms with Crippen LogP contribution in [0.3, 0.4) is 0 Å². The first kappa shape index (κ1) is 22.2. The van der Waals surface area contributed by atoms with Gasteiger partial charge in [-0.2, -0.15) is 5.10 Å². The van der Waals surface area contributed by atoms with Crippen LogP contribution in [-0.4, -0.2) is 46.0 Å². The molecule has 1 fully saturated rings. The molecule has 2 N–H and O–H groups in total. The normalized spacial score (nSPS) is 13.3. The smallest absolute Gasteiger partial charge is 0.263 e. The average Bonchev–Trinajstić information content (AvgIpc) is 3.46. The van der Waals surface area contributed by atoms with Gasteiger partial charge in [0.1, 0.15) is 5.82 Å². The molecular formula is C25H22N8O2S. The Hall–Kier alpha value is -4.25. The summed E-state index contributed by atoms with van der Waals surface area (Å²) in [6.07, 6.45) is 3.93. The van der Waals surface area contributed by atoms with Crippen LogP contribution in [0.1, 0.15) is 24.6 Å². The number of para-hydroxylation sites is 1. The number of hydrogen-bond donors (Lipinski definition) is 2. The summed E-state index contributed by atoms with van der Waals surface area (Å²) in [6.45, 7) is 4.05. The van der Waals surface area contributed by atoms with Crippen LogP contribution in [0.4, 0.5) is 5.69 Å². The molecule has 5 aromatic rings. The number of benzene rings is 2. The summed E-state index contributed by atoms with van der Waals surface area (Å²) in [5, 5.41) is 19.8. The summed E-state index contributed by atoms with van der Waals surface area (Å²) in [5.74, 6) is 2.37. The number of carbonyl (C=O) groups excluding carboxylic acids is 1. The van der Waals surface area contributed by atoms with Gasteiger partial charge in [0.05, 0.1) is 16.7 Å². The van der Waals surface area contributed by atoms with E-state index in [1.165, 1.54) is 16.3 Å². The third-order valence-corrected chi connectivity index (χ3v) is 6.92. The first-order chi connectivity index (χ1) is 17.6. The van der Waals surface area contributed by atoms with Crippen molar-refractivity contribution in [3.8, 4) is 11.4 Å². The van der Waals surface area contributed by atoms with E-state index in [2.05, 4.69) is 37.3 Å². The van der Waals surface area contributed by atoms with Crippen LogP contribution >= 0.6 is 11.8 Å². The van der Waals surface area contributed by atoms with Crippen LogP contribution in [0.15, 0.2) is 71.1 Å². The lowest BCUT2D eigenvalue weighted by atomic mass is 10.2. The second-order valence-corrected chi connectivity index (χ2v) is 9.52. The standard InChI is InChI=1S/C25H22N8O2S/c1-2-12-32-23(35)18-8-3-4-9-19(18)33-24(32)30-31-25(33)36-14-20(34)26-17-7-5-6-16(13-17)22-27-21(28-29-22)15-10-11-15/h2-9,13,15H,1,10-12,14H2,(H,26,34)(H,27,28,29). The summed E-state index contributed by atoms with van der Waals surface area (Å²) >= 11 is 1.25. The van der Waals surface area contributed by atoms with Crippen molar-refractivity contribution in [1.82, 2.24) is 34.3 Å². The van der Waals surface area contributed by atoms with Gasteiger partial charge >= 0.3 is 0 Å². The highest BCUT2D eigenvalue weighted by Gasteiger charge is 2.27. The molecule has 1 amide bonds. The van der Waals surface area contributed by atoms with Gasteiger partial charge in [0.2, 0.25) is 11.7 Å². The van der Waals surface area contributed by atoms with E-state index in [0.717, 1.165) is 24.2 Å². The number of anilines is 1. The van der Waals surface area contributed by atoms with E-state index >= 15 is 0 Å². The number of nitrogens with one attached hydrogen (secondary N) is 2. The summed E-state index contributed by atoms with van der Waals surface area (Å²) < 4.78 is 3.33. The molecule has 0 atom stereocenters. The van der Waals surface area contributed by atoms with E-state index in [1.54, 1.807) is 16.5 Å². The molecule has 1 saturated carbocycles. The molecule has 1 aliphatic carbocycles. The summed E-state index contributed by atoms with van der Waals surface area (Å²) in [6, 6.07) is 14.8. The number of carbonyl (C=O) groups is 1. The summed E-state index contributed by atoms with van der Waals surface area (Å²) in [5.41, 5.74) is 2.02. The number of aromatic amines is 1. The van der Waals surface area contributed by atoms with Crippen molar-refractivity contribution in [1.29, 1.82) is 0 Å².